The fourth-order valence-electron chi connectivity index (χ4n) is 2.43. The molecule has 0 aromatic heterocycles. The standard InChI is InChI=1S/C19H32O/c1-4-5-6-7-8-9-13-16-19(2,3)20-17-18-14-11-10-12-15-18/h10-12,14-15H,4-9,13,16-17H2,1-3H3. The molecule has 1 aromatic rings. The second-order valence-electron chi connectivity index (χ2n) is 6.41. The highest BCUT2D eigenvalue weighted by Gasteiger charge is 2.17. The Kier molecular flexibility index (Phi) is 8.60. The van der Waals surface area contributed by atoms with E-state index in [2.05, 4.69) is 45.0 Å². The van der Waals surface area contributed by atoms with E-state index in [9.17, 15) is 0 Å². The molecule has 0 aliphatic carbocycles. The molecule has 0 heterocycles. The van der Waals surface area contributed by atoms with Crippen LogP contribution in [0.1, 0.15) is 77.7 Å². The first-order chi connectivity index (χ1) is 9.64. The van der Waals surface area contributed by atoms with E-state index in [0.29, 0.717) is 0 Å². The lowest BCUT2D eigenvalue weighted by Gasteiger charge is -2.25. The maximum Gasteiger partial charge on any atom is 0.0724 e. The Morgan fingerprint density at radius 3 is 2.10 bits per heavy atom. The lowest BCUT2D eigenvalue weighted by Crippen LogP contribution is -2.24. The minimum absolute atomic E-state index is 0.000734. The van der Waals surface area contributed by atoms with Crippen molar-refractivity contribution in [3.05, 3.63) is 35.9 Å². The summed E-state index contributed by atoms with van der Waals surface area (Å²) in [7, 11) is 0. The first-order valence-corrected chi connectivity index (χ1v) is 8.32. The molecule has 0 spiro atoms. The molecule has 1 rings (SSSR count). The van der Waals surface area contributed by atoms with Crippen molar-refractivity contribution in [3.8, 4) is 0 Å². The summed E-state index contributed by atoms with van der Waals surface area (Å²) in [6.45, 7) is 7.43. The molecule has 0 bridgehead atoms. The van der Waals surface area contributed by atoms with Gasteiger partial charge in [0.05, 0.1) is 12.2 Å². The predicted octanol–water partition coefficient (Wildman–Crippen LogP) is 6.12. The van der Waals surface area contributed by atoms with E-state index in [-0.39, 0.29) is 5.60 Å². The van der Waals surface area contributed by atoms with Gasteiger partial charge in [-0.15, -0.1) is 0 Å². The van der Waals surface area contributed by atoms with Crippen LogP contribution >= 0.6 is 0 Å². The van der Waals surface area contributed by atoms with Gasteiger partial charge in [-0.1, -0.05) is 82.2 Å². The van der Waals surface area contributed by atoms with Crippen molar-refractivity contribution in [3.63, 3.8) is 0 Å². The first-order valence-electron chi connectivity index (χ1n) is 8.32. The predicted molar refractivity (Wildman–Crippen MR) is 87.9 cm³/mol. The number of unbranched alkanes of at least 4 members (excludes halogenated alkanes) is 6. The summed E-state index contributed by atoms with van der Waals surface area (Å²) in [6, 6.07) is 10.4. The van der Waals surface area contributed by atoms with E-state index in [1.54, 1.807) is 0 Å². The van der Waals surface area contributed by atoms with Gasteiger partial charge in [0.2, 0.25) is 0 Å². The van der Waals surface area contributed by atoms with E-state index in [1.165, 1.54) is 50.5 Å². The molecule has 0 aliphatic heterocycles. The molecule has 0 fully saturated rings. The van der Waals surface area contributed by atoms with Crippen LogP contribution in [-0.4, -0.2) is 5.60 Å². The molecule has 1 nitrogen and oxygen atoms in total. The highest BCUT2D eigenvalue weighted by Crippen LogP contribution is 2.21. The van der Waals surface area contributed by atoms with Gasteiger partial charge in [0.15, 0.2) is 0 Å². The van der Waals surface area contributed by atoms with Crippen molar-refractivity contribution < 1.29 is 4.74 Å². The van der Waals surface area contributed by atoms with Crippen LogP contribution in [0.4, 0.5) is 0 Å². The number of hydrogen-bond donors (Lipinski definition) is 0. The van der Waals surface area contributed by atoms with Gasteiger partial charge < -0.3 is 4.74 Å². The normalized spacial score (nSPS) is 11.8. The fourth-order valence-corrected chi connectivity index (χ4v) is 2.43. The monoisotopic (exact) mass is 276 g/mol. The number of ether oxygens (including phenoxy) is 1. The van der Waals surface area contributed by atoms with Crippen molar-refractivity contribution in [1.82, 2.24) is 0 Å². The maximum absolute atomic E-state index is 6.06. The minimum atomic E-state index is -0.000734. The zero-order valence-corrected chi connectivity index (χ0v) is 13.7. The van der Waals surface area contributed by atoms with Gasteiger partial charge in [0.25, 0.3) is 0 Å². The van der Waals surface area contributed by atoms with Gasteiger partial charge >= 0.3 is 0 Å². The summed E-state index contributed by atoms with van der Waals surface area (Å²) in [5.74, 6) is 0. The Labute approximate surface area is 125 Å². The first kappa shape index (κ1) is 17.2. The average Bonchev–Trinajstić information content (AvgIpc) is 2.45. The number of benzene rings is 1. The molecular formula is C19H32O. The zero-order chi connectivity index (χ0) is 14.7. The topological polar surface area (TPSA) is 9.23 Å². The van der Waals surface area contributed by atoms with E-state index >= 15 is 0 Å². The molecule has 0 atom stereocenters. The third kappa shape index (κ3) is 8.37. The van der Waals surface area contributed by atoms with Crippen LogP contribution in [0.15, 0.2) is 30.3 Å². The molecular weight excluding hydrogens is 244 g/mol. The van der Waals surface area contributed by atoms with Crippen molar-refractivity contribution >= 4 is 0 Å². The van der Waals surface area contributed by atoms with Gasteiger partial charge in [-0.25, -0.2) is 0 Å². The van der Waals surface area contributed by atoms with Crippen molar-refractivity contribution in [2.75, 3.05) is 0 Å². The van der Waals surface area contributed by atoms with Gasteiger partial charge in [0, 0.05) is 0 Å². The third-order valence-corrected chi connectivity index (χ3v) is 3.85. The van der Waals surface area contributed by atoms with E-state index in [4.69, 9.17) is 4.74 Å². The summed E-state index contributed by atoms with van der Waals surface area (Å²) in [4.78, 5) is 0. The number of rotatable bonds is 11. The average molecular weight is 276 g/mol. The second kappa shape index (κ2) is 9.99. The molecule has 114 valence electrons. The Balaban J connectivity index is 2.09. The van der Waals surface area contributed by atoms with Crippen LogP contribution in [0.3, 0.4) is 0 Å². The van der Waals surface area contributed by atoms with Crippen LogP contribution in [-0.2, 0) is 11.3 Å². The van der Waals surface area contributed by atoms with Gasteiger partial charge in [-0.05, 0) is 25.8 Å². The van der Waals surface area contributed by atoms with E-state index < -0.39 is 0 Å². The summed E-state index contributed by atoms with van der Waals surface area (Å²) in [5, 5.41) is 0. The molecule has 0 unspecified atom stereocenters. The van der Waals surface area contributed by atoms with Crippen LogP contribution < -0.4 is 0 Å². The van der Waals surface area contributed by atoms with Gasteiger partial charge in [-0.3, -0.25) is 0 Å². The molecule has 20 heavy (non-hydrogen) atoms. The Morgan fingerprint density at radius 2 is 1.45 bits per heavy atom. The van der Waals surface area contributed by atoms with Gasteiger partial charge in [0.1, 0.15) is 0 Å². The van der Waals surface area contributed by atoms with Crippen molar-refractivity contribution in [1.29, 1.82) is 0 Å². The SMILES string of the molecule is CCCCCCCCCC(C)(C)OCc1ccccc1. The zero-order valence-electron chi connectivity index (χ0n) is 13.7. The quantitative estimate of drug-likeness (QED) is 0.442. The molecule has 1 aromatic carbocycles. The summed E-state index contributed by atoms with van der Waals surface area (Å²) in [5.41, 5.74) is 1.26. The van der Waals surface area contributed by atoms with Crippen molar-refractivity contribution in [2.45, 2.75) is 84.3 Å². The van der Waals surface area contributed by atoms with E-state index in [0.717, 1.165) is 13.0 Å². The minimum Gasteiger partial charge on any atom is -0.371 e. The van der Waals surface area contributed by atoms with Crippen LogP contribution in [0.2, 0.25) is 0 Å². The molecule has 0 saturated carbocycles. The Bertz CT molecular complexity index is 329. The molecule has 0 radical (unpaired) electrons. The maximum atomic E-state index is 6.06. The number of hydrogen-bond acceptors (Lipinski definition) is 1. The molecule has 0 amide bonds. The van der Waals surface area contributed by atoms with Crippen LogP contribution in [0, 0.1) is 0 Å². The molecule has 0 aliphatic rings. The highest BCUT2D eigenvalue weighted by atomic mass is 16.5. The Morgan fingerprint density at radius 1 is 0.850 bits per heavy atom. The van der Waals surface area contributed by atoms with E-state index in [1.807, 2.05) is 6.07 Å². The summed E-state index contributed by atoms with van der Waals surface area (Å²) >= 11 is 0. The molecule has 1 heteroatoms. The van der Waals surface area contributed by atoms with Crippen LogP contribution in [0.25, 0.3) is 0 Å². The third-order valence-electron chi connectivity index (χ3n) is 3.85. The fraction of sp³-hybridized carbons (Fsp3) is 0.684. The largest absolute Gasteiger partial charge is 0.371 e. The highest BCUT2D eigenvalue weighted by molar-refractivity contribution is 5.13. The van der Waals surface area contributed by atoms with Crippen LogP contribution in [0.5, 0.6) is 0 Å². The summed E-state index contributed by atoms with van der Waals surface area (Å²) < 4.78 is 6.06. The van der Waals surface area contributed by atoms with Gasteiger partial charge in [-0.2, -0.15) is 0 Å². The summed E-state index contributed by atoms with van der Waals surface area (Å²) in [6.07, 6.45) is 10.7. The molecule has 0 N–H and O–H groups in total. The van der Waals surface area contributed by atoms with Crippen molar-refractivity contribution in [2.24, 2.45) is 0 Å². The lowest BCUT2D eigenvalue weighted by atomic mass is 9.99. The second-order valence-corrected chi connectivity index (χ2v) is 6.41. The Hall–Kier alpha value is -0.820. The lowest BCUT2D eigenvalue weighted by molar-refractivity contribution is -0.0364. The molecule has 0 saturated heterocycles. The smallest absolute Gasteiger partial charge is 0.0724 e.